The van der Waals surface area contributed by atoms with Crippen LogP contribution in [-0.2, 0) is 11.3 Å². The highest BCUT2D eigenvalue weighted by molar-refractivity contribution is 9.10. The van der Waals surface area contributed by atoms with Gasteiger partial charge in [0, 0.05) is 49.5 Å². The van der Waals surface area contributed by atoms with Crippen LogP contribution in [-0.4, -0.2) is 54.6 Å². The average Bonchev–Trinajstić information content (AvgIpc) is 2.48. The van der Waals surface area contributed by atoms with Crippen molar-refractivity contribution in [2.24, 2.45) is 0 Å². The van der Waals surface area contributed by atoms with Gasteiger partial charge in [-0.1, -0.05) is 0 Å². The number of halogens is 1. The van der Waals surface area contributed by atoms with Crippen LogP contribution in [0, 0.1) is 0 Å². The van der Waals surface area contributed by atoms with Crippen molar-refractivity contribution in [3.05, 3.63) is 33.2 Å². The van der Waals surface area contributed by atoms with E-state index in [4.69, 9.17) is 0 Å². The molecular formula is C14H21BrN4O2. The third kappa shape index (κ3) is 5.61. The largest absolute Gasteiger partial charge is 0.355 e. The van der Waals surface area contributed by atoms with Crippen molar-refractivity contribution >= 4 is 21.8 Å². The van der Waals surface area contributed by atoms with Crippen molar-refractivity contribution in [1.82, 2.24) is 20.1 Å². The third-order valence-corrected chi connectivity index (χ3v) is 3.91. The van der Waals surface area contributed by atoms with E-state index in [1.807, 2.05) is 0 Å². The second kappa shape index (κ2) is 8.31. The molecule has 0 radical (unpaired) electrons. The number of aromatic nitrogens is 1. The van der Waals surface area contributed by atoms with E-state index in [0.29, 0.717) is 6.54 Å². The van der Waals surface area contributed by atoms with Gasteiger partial charge in [-0.15, -0.1) is 0 Å². The van der Waals surface area contributed by atoms with Gasteiger partial charge in [-0.2, -0.15) is 0 Å². The summed E-state index contributed by atoms with van der Waals surface area (Å²) >= 11 is 3.29. The Hall–Kier alpha value is -1.18. The van der Waals surface area contributed by atoms with Crippen LogP contribution in [0.4, 0.5) is 0 Å². The van der Waals surface area contributed by atoms with Gasteiger partial charge in [-0.3, -0.25) is 9.59 Å². The van der Waals surface area contributed by atoms with Crippen LogP contribution in [0.3, 0.4) is 0 Å². The molecule has 1 aromatic heterocycles. The third-order valence-electron chi connectivity index (χ3n) is 3.44. The van der Waals surface area contributed by atoms with Gasteiger partial charge in [0.25, 0.3) is 5.56 Å². The fourth-order valence-corrected chi connectivity index (χ4v) is 2.68. The quantitative estimate of drug-likeness (QED) is 0.705. The minimum Gasteiger partial charge on any atom is -0.355 e. The van der Waals surface area contributed by atoms with Crippen LogP contribution in [0.15, 0.2) is 27.6 Å². The number of carbonyl (C=O) groups is 1. The Bertz CT molecular complexity index is 526. The van der Waals surface area contributed by atoms with Crippen LogP contribution in [0.2, 0.25) is 0 Å². The molecule has 0 aromatic carbocycles. The summed E-state index contributed by atoms with van der Waals surface area (Å²) in [4.78, 5) is 25.8. The number of piperazine rings is 1. The topological polar surface area (TPSA) is 66.4 Å². The molecule has 21 heavy (non-hydrogen) atoms. The Labute approximate surface area is 132 Å². The molecule has 2 rings (SSSR count). The van der Waals surface area contributed by atoms with E-state index in [1.54, 1.807) is 12.3 Å². The minimum atomic E-state index is -0.172. The van der Waals surface area contributed by atoms with E-state index in [0.717, 1.165) is 43.6 Å². The molecule has 1 aliphatic rings. The molecule has 2 heterocycles. The number of hydrogen-bond acceptors (Lipinski definition) is 4. The van der Waals surface area contributed by atoms with E-state index in [-0.39, 0.29) is 18.0 Å². The van der Waals surface area contributed by atoms with Gasteiger partial charge in [-0.05, 0) is 35.0 Å². The smallest absolute Gasteiger partial charge is 0.251 e. The summed E-state index contributed by atoms with van der Waals surface area (Å²) in [6.07, 6.45) is 2.56. The summed E-state index contributed by atoms with van der Waals surface area (Å²) in [6.45, 7) is 5.93. The zero-order valence-corrected chi connectivity index (χ0v) is 13.6. The molecule has 0 bridgehead atoms. The van der Waals surface area contributed by atoms with E-state index in [9.17, 15) is 9.59 Å². The van der Waals surface area contributed by atoms with Crippen molar-refractivity contribution in [2.45, 2.75) is 13.0 Å². The SMILES string of the molecule is O=C(Cn1cc(Br)ccc1=O)NCCCN1CCNCC1. The van der Waals surface area contributed by atoms with Crippen molar-refractivity contribution in [3.63, 3.8) is 0 Å². The predicted octanol–water partition coefficient (Wildman–Crippen LogP) is 0.0223. The summed E-state index contributed by atoms with van der Waals surface area (Å²) in [5, 5.41) is 6.17. The molecule has 1 saturated heterocycles. The number of nitrogens with one attached hydrogen (secondary N) is 2. The van der Waals surface area contributed by atoms with E-state index >= 15 is 0 Å². The molecule has 0 aliphatic carbocycles. The summed E-state index contributed by atoms with van der Waals surface area (Å²) in [5.41, 5.74) is -0.172. The Kier molecular flexibility index (Phi) is 6.41. The number of amides is 1. The fraction of sp³-hybridized carbons (Fsp3) is 0.571. The van der Waals surface area contributed by atoms with Crippen molar-refractivity contribution in [2.75, 3.05) is 39.3 Å². The van der Waals surface area contributed by atoms with Gasteiger partial charge in [-0.25, -0.2) is 0 Å². The second-order valence-electron chi connectivity index (χ2n) is 5.11. The van der Waals surface area contributed by atoms with Crippen LogP contribution in [0.25, 0.3) is 0 Å². The number of carbonyl (C=O) groups excluding carboxylic acids is 1. The molecule has 0 atom stereocenters. The van der Waals surface area contributed by atoms with E-state index < -0.39 is 0 Å². The lowest BCUT2D eigenvalue weighted by Gasteiger charge is -2.27. The highest BCUT2D eigenvalue weighted by atomic mass is 79.9. The lowest BCUT2D eigenvalue weighted by atomic mass is 10.3. The first-order valence-corrected chi connectivity index (χ1v) is 8.00. The van der Waals surface area contributed by atoms with Crippen LogP contribution < -0.4 is 16.2 Å². The monoisotopic (exact) mass is 356 g/mol. The zero-order chi connectivity index (χ0) is 15.1. The minimum absolute atomic E-state index is 0.0614. The highest BCUT2D eigenvalue weighted by Crippen LogP contribution is 2.04. The molecule has 1 aromatic rings. The molecule has 1 fully saturated rings. The lowest BCUT2D eigenvalue weighted by Crippen LogP contribution is -2.44. The Morgan fingerprint density at radius 2 is 2.10 bits per heavy atom. The van der Waals surface area contributed by atoms with Gasteiger partial charge in [0.1, 0.15) is 6.54 Å². The standard InChI is InChI=1S/C14H21BrN4O2/c15-12-2-3-14(21)19(10-12)11-13(20)17-4-1-7-18-8-5-16-6-9-18/h2-3,10,16H,1,4-9,11H2,(H,17,20). The van der Waals surface area contributed by atoms with Gasteiger partial charge < -0.3 is 20.1 Å². The van der Waals surface area contributed by atoms with Crippen LogP contribution in [0.5, 0.6) is 0 Å². The number of rotatable bonds is 6. The van der Waals surface area contributed by atoms with Gasteiger partial charge in [0.05, 0.1) is 0 Å². The molecule has 7 heteroatoms. The predicted molar refractivity (Wildman–Crippen MR) is 85.3 cm³/mol. The van der Waals surface area contributed by atoms with Crippen molar-refractivity contribution < 1.29 is 4.79 Å². The Morgan fingerprint density at radius 3 is 2.86 bits per heavy atom. The molecule has 0 unspecified atom stereocenters. The van der Waals surface area contributed by atoms with Crippen LogP contribution in [0.1, 0.15) is 6.42 Å². The van der Waals surface area contributed by atoms with Crippen LogP contribution >= 0.6 is 15.9 Å². The Balaban J connectivity index is 1.67. The maximum Gasteiger partial charge on any atom is 0.251 e. The first kappa shape index (κ1) is 16.2. The zero-order valence-electron chi connectivity index (χ0n) is 12.0. The number of nitrogens with zero attached hydrogens (tertiary/aromatic N) is 2. The fourth-order valence-electron chi connectivity index (χ4n) is 2.30. The van der Waals surface area contributed by atoms with E-state index in [2.05, 4.69) is 31.5 Å². The molecular weight excluding hydrogens is 336 g/mol. The second-order valence-corrected chi connectivity index (χ2v) is 6.02. The van der Waals surface area contributed by atoms with Crippen molar-refractivity contribution in [3.8, 4) is 0 Å². The highest BCUT2D eigenvalue weighted by Gasteiger charge is 2.09. The molecule has 116 valence electrons. The number of pyridine rings is 1. The number of hydrogen-bond donors (Lipinski definition) is 2. The van der Waals surface area contributed by atoms with Gasteiger partial charge in [0.2, 0.25) is 5.91 Å². The average molecular weight is 357 g/mol. The lowest BCUT2D eigenvalue weighted by molar-refractivity contribution is -0.121. The maximum atomic E-state index is 11.8. The first-order valence-electron chi connectivity index (χ1n) is 7.21. The van der Waals surface area contributed by atoms with Gasteiger partial charge in [0.15, 0.2) is 0 Å². The van der Waals surface area contributed by atoms with E-state index in [1.165, 1.54) is 10.6 Å². The molecule has 6 nitrogen and oxygen atoms in total. The normalized spacial score (nSPS) is 15.9. The summed E-state index contributed by atoms with van der Waals surface area (Å²) in [5.74, 6) is -0.129. The molecule has 0 spiro atoms. The summed E-state index contributed by atoms with van der Waals surface area (Å²) < 4.78 is 2.18. The maximum absolute atomic E-state index is 11.8. The Morgan fingerprint density at radius 1 is 1.33 bits per heavy atom. The first-order chi connectivity index (χ1) is 10.1. The van der Waals surface area contributed by atoms with Crippen molar-refractivity contribution in [1.29, 1.82) is 0 Å². The molecule has 2 N–H and O–H groups in total. The summed E-state index contributed by atoms with van der Waals surface area (Å²) in [7, 11) is 0. The molecule has 1 aliphatic heterocycles. The molecule has 0 saturated carbocycles. The summed E-state index contributed by atoms with van der Waals surface area (Å²) in [6, 6.07) is 3.12. The van der Waals surface area contributed by atoms with Gasteiger partial charge >= 0.3 is 0 Å². The molecule has 1 amide bonds.